The molecule has 9 nitrogen and oxygen atoms in total. The van der Waals surface area contributed by atoms with Crippen LogP contribution in [0, 0.1) is 5.92 Å². The molecule has 1 saturated carbocycles. The highest BCUT2D eigenvalue weighted by atomic mass is 79.9. The van der Waals surface area contributed by atoms with Crippen LogP contribution in [0.15, 0.2) is 47.5 Å². The number of hydrogen-bond acceptors (Lipinski definition) is 6. The SMILES string of the molecule is Cn1cncc1CCN(CC1CC1)C(=O)[C@H]1CN([C@H]2c3ccc(Cl)cc3CCc3cc(Br)cnc32)CCN1C(=O)OC(C)(C)C. The summed E-state index contributed by atoms with van der Waals surface area (Å²) in [6.07, 6.45) is 9.68. The van der Waals surface area contributed by atoms with Gasteiger partial charge in [0.1, 0.15) is 11.6 Å². The van der Waals surface area contributed by atoms with Gasteiger partial charge in [-0.3, -0.25) is 19.6 Å². The normalized spacial score (nSPS) is 20.3. The lowest BCUT2D eigenvalue weighted by Crippen LogP contribution is -2.62. The van der Waals surface area contributed by atoms with Crippen molar-refractivity contribution in [2.45, 2.75) is 70.6 Å². The van der Waals surface area contributed by atoms with Crippen LogP contribution in [0.2, 0.25) is 5.02 Å². The molecule has 3 aromatic rings. The predicted octanol–water partition coefficient (Wildman–Crippen LogP) is 5.82. The summed E-state index contributed by atoms with van der Waals surface area (Å²) in [4.78, 5) is 43.5. The molecule has 0 bridgehead atoms. The Kier molecular flexibility index (Phi) is 9.28. The van der Waals surface area contributed by atoms with E-state index in [-0.39, 0.29) is 11.9 Å². The molecule has 2 aliphatic carbocycles. The van der Waals surface area contributed by atoms with Crippen molar-refractivity contribution in [3.8, 4) is 0 Å². The second-order valence-electron chi connectivity index (χ2n) is 13.6. The number of rotatable bonds is 7. The fourth-order valence-corrected chi connectivity index (χ4v) is 7.13. The summed E-state index contributed by atoms with van der Waals surface area (Å²) >= 11 is 10.1. The Hall–Kier alpha value is -2.95. The van der Waals surface area contributed by atoms with Gasteiger partial charge in [0.15, 0.2) is 0 Å². The molecule has 45 heavy (non-hydrogen) atoms. The van der Waals surface area contributed by atoms with E-state index in [9.17, 15) is 9.59 Å². The summed E-state index contributed by atoms with van der Waals surface area (Å²) in [5, 5.41) is 0.708. The van der Waals surface area contributed by atoms with Gasteiger partial charge in [-0.15, -0.1) is 0 Å². The molecule has 0 unspecified atom stereocenters. The van der Waals surface area contributed by atoms with Crippen molar-refractivity contribution in [3.05, 3.63) is 80.6 Å². The maximum absolute atomic E-state index is 14.7. The van der Waals surface area contributed by atoms with Gasteiger partial charge in [-0.25, -0.2) is 9.78 Å². The lowest BCUT2D eigenvalue weighted by molar-refractivity contribution is -0.140. The number of ether oxygens (including phenoxy) is 1. The van der Waals surface area contributed by atoms with Crippen molar-refractivity contribution < 1.29 is 14.3 Å². The molecule has 3 heterocycles. The van der Waals surface area contributed by atoms with Crippen molar-refractivity contribution in [1.29, 1.82) is 0 Å². The average Bonchev–Trinajstić information content (AvgIpc) is 3.74. The van der Waals surface area contributed by atoms with E-state index >= 15 is 0 Å². The van der Waals surface area contributed by atoms with Crippen LogP contribution < -0.4 is 0 Å². The van der Waals surface area contributed by atoms with Gasteiger partial charge >= 0.3 is 6.09 Å². The van der Waals surface area contributed by atoms with Gasteiger partial charge in [-0.05, 0) is 103 Å². The lowest BCUT2D eigenvalue weighted by Gasteiger charge is -2.45. The van der Waals surface area contributed by atoms with E-state index in [1.54, 1.807) is 11.2 Å². The molecule has 1 aromatic carbocycles. The van der Waals surface area contributed by atoms with Crippen LogP contribution in [-0.4, -0.2) is 85.6 Å². The van der Waals surface area contributed by atoms with Gasteiger partial charge in [-0.1, -0.05) is 17.7 Å². The third kappa shape index (κ3) is 7.39. The minimum Gasteiger partial charge on any atom is -0.444 e. The van der Waals surface area contributed by atoms with Crippen LogP contribution >= 0.6 is 27.5 Å². The summed E-state index contributed by atoms with van der Waals surface area (Å²) in [5.41, 5.74) is 4.89. The third-order valence-electron chi connectivity index (χ3n) is 9.02. The maximum Gasteiger partial charge on any atom is 0.411 e. The highest BCUT2D eigenvalue weighted by molar-refractivity contribution is 9.10. The Labute approximate surface area is 279 Å². The van der Waals surface area contributed by atoms with Crippen LogP contribution in [0.4, 0.5) is 4.79 Å². The molecule has 6 rings (SSSR count). The number of halogens is 2. The topological polar surface area (TPSA) is 83.8 Å². The van der Waals surface area contributed by atoms with Crippen molar-refractivity contribution in [2.75, 3.05) is 32.7 Å². The first kappa shape index (κ1) is 32.0. The monoisotopic (exact) mass is 696 g/mol. The number of piperazine rings is 1. The zero-order valence-corrected chi connectivity index (χ0v) is 28.9. The molecule has 2 fully saturated rings. The summed E-state index contributed by atoms with van der Waals surface area (Å²) in [6, 6.07) is 7.37. The van der Waals surface area contributed by atoms with Crippen molar-refractivity contribution >= 4 is 39.5 Å². The van der Waals surface area contributed by atoms with Gasteiger partial charge in [0.25, 0.3) is 0 Å². The van der Waals surface area contributed by atoms with Crippen molar-refractivity contribution in [3.63, 3.8) is 0 Å². The quantitative estimate of drug-likeness (QED) is 0.310. The fourth-order valence-electron chi connectivity index (χ4n) is 6.56. The Morgan fingerprint density at radius 1 is 1.11 bits per heavy atom. The number of nitrogens with zero attached hydrogens (tertiary/aromatic N) is 6. The van der Waals surface area contributed by atoms with Gasteiger partial charge in [0, 0.05) is 73.8 Å². The standard InChI is InChI=1S/C34H42BrClN6O3/c1-34(2,3)45-33(44)42-14-13-40(20-29(42)32(43)41(19-22-5-6-22)12-11-27-18-37-21-39(27)4)31-28-10-9-26(36)16-23(28)7-8-24-15-25(35)17-38-30(24)31/h9-10,15-18,21-22,29,31H,5-8,11-14,19-20H2,1-4H3/t29-,31+/m1/s1. The Balaban J connectivity index is 1.35. The van der Waals surface area contributed by atoms with E-state index in [1.165, 1.54) is 11.1 Å². The fraction of sp³-hybridized carbons (Fsp3) is 0.529. The zero-order chi connectivity index (χ0) is 31.9. The highest BCUT2D eigenvalue weighted by Gasteiger charge is 2.43. The van der Waals surface area contributed by atoms with Crippen LogP contribution in [0.3, 0.4) is 0 Å². The van der Waals surface area contributed by atoms with E-state index in [1.807, 2.05) is 55.7 Å². The summed E-state index contributed by atoms with van der Waals surface area (Å²) in [5.74, 6) is 0.469. The Morgan fingerprint density at radius 2 is 1.89 bits per heavy atom. The average molecular weight is 698 g/mol. The van der Waals surface area contributed by atoms with E-state index in [0.717, 1.165) is 47.1 Å². The second-order valence-corrected chi connectivity index (χ2v) is 15.0. The molecule has 0 N–H and O–H groups in total. The number of imidazole rings is 1. The molecular formula is C34H42BrClN6O3. The van der Waals surface area contributed by atoms with E-state index < -0.39 is 17.7 Å². The minimum atomic E-state index is -0.697. The molecule has 240 valence electrons. The number of hydrogen-bond donors (Lipinski definition) is 0. The van der Waals surface area contributed by atoms with E-state index in [2.05, 4.69) is 44.0 Å². The number of pyridine rings is 1. The molecule has 1 aliphatic heterocycles. The first-order chi connectivity index (χ1) is 21.5. The minimum absolute atomic E-state index is 0.0337. The largest absolute Gasteiger partial charge is 0.444 e. The molecule has 3 aliphatic rings. The van der Waals surface area contributed by atoms with E-state index in [0.29, 0.717) is 50.1 Å². The summed E-state index contributed by atoms with van der Waals surface area (Å²) in [6.45, 7) is 8.16. The van der Waals surface area contributed by atoms with E-state index in [4.69, 9.17) is 21.3 Å². The van der Waals surface area contributed by atoms with Crippen LogP contribution in [0.5, 0.6) is 0 Å². The Bertz CT molecular complexity index is 1510. The number of aromatic nitrogens is 3. The number of benzene rings is 1. The van der Waals surface area contributed by atoms with Gasteiger partial charge < -0.3 is 14.2 Å². The van der Waals surface area contributed by atoms with Crippen LogP contribution in [0.1, 0.15) is 67.7 Å². The number of carbonyl (C=O) groups excluding carboxylic acids is 2. The number of aryl methyl sites for hydroxylation is 3. The Morgan fingerprint density at radius 3 is 2.60 bits per heavy atom. The molecule has 2 aromatic heterocycles. The smallest absolute Gasteiger partial charge is 0.411 e. The molecule has 2 amide bonds. The number of fused-ring (bicyclic) bond motifs is 2. The first-order valence-corrected chi connectivity index (χ1v) is 17.0. The van der Waals surface area contributed by atoms with Gasteiger partial charge in [0.2, 0.25) is 5.91 Å². The maximum atomic E-state index is 14.7. The highest BCUT2D eigenvalue weighted by Crippen LogP contribution is 2.39. The molecular weight excluding hydrogens is 656 g/mol. The lowest BCUT2D eigenvalue weighted by atomic mass is 9.95. The molecule has 0 spiro atoms. The van der Waals surface area contributed by atoms with Crippen LogP contribution in [0.25, 0.3) is 0 Å². The predicted molar refractivity (Wildman–Crippen MR) is 177 cm³/mol. The van der Waals surface area contributed by atoms with Gasteiger partial charge in [-0.2, -0.15) is 0 Å². The molecule has 11 heteroatoms. The molecule has 0 radical (unpaired) electrons. The number of carbonyl (C=O) groups is 2. The van der Waals surface area contributed by atoms with Crippen molar-refractivity contribution in [2.24, 2.45) is 13.0 Å². The zero-order valence-electron chi connectivity index (χ0n) is 26.5. The summed E-state index contributed by atoms with van der Waals surface area (Å²) in [7, 11) is 1.97. The third-order valence-corrected chi connectivity index (χ3v) is 9.69. The second kappa shape index (κ2) is 13.0. The summed E-state index contributed by atoms with van der Waals surface area (Å²) < 4.78 is 8.79. The number of amides is 2. The first-order valence-electron chi connectivity index (χ1n) is 15.9. The van der Waals surface area contributed by atoms with Crippen LogP contribution in [-0.2, 0) is 35.8 Å². The van der Waals surface area contributed by atoms with Crippen molar-refractivity contribution in [1.82, 2.24) is 29.2 Å². The van der Waals surface area contributed by atoms with Gasteiger partial charge in [0.05, 0.1) is 18.1 Å². The molecule has 2 atom stereocenters. The molecule has 1 saturated heterocycles.